The van der Waals surface area contributed by atoms with Crippen molar-refractivity contribution in [2.24, 2.45) is 69.5 Å². The fourth-order valence-electron chi connectivity index (χ4n) is 11.7. The molecule has 8 atom stereocenters. The number of allylic oxidation sites excluding steroid dienone is 1. The highest BCUT2D eigenvalue weighted by Crippen LogP contribution is 2.69. The van der Waals surface area contributed by atoms with Gasteiger partial charge in [-0.25, -0.2) is 0 Å². The van der Waals surface area contributed by atoms with Crippen LogP contribution in [-0.4, -0.2) is 0 Å². The van der Waals surface area contributed by atoms with Crippen LogP contribution >= 0.6 is 0 Å². The molecule has 5 aliphatic carbocycles. The second-order valence-corrected chi connectivity index (χ2v) is 17.3. The molecule has 5 saturated carbocycles. The fourth-order valence-corrected chi connectivity index (χ4v) is 11.7. The van der Waals surface area contributed by atoms with Gasteiger partial charge in [0.2, 0.25) is 0 Å². The van der Waals surface area contributed by atoms with Crippen molar-refractivity contribution in [1.82, 2.24) is 0 Å². The highest BCUT2D eigenvalue weighted by molar-refractivity contribution is 5.11. The quantitative estimate of drug-likeness (QED) is 0.256. The first-order valence-corrected chi connectivity index (χ1v) is 17.2. The van der Waals surface area contributed by atoms with E-state index in [1.165, 1.54) is 57.8 Å². The van der Waals surface area contributed by atoms with Crippen molar-refractivity contribution in [2.75, 3.05) is 0 Å². The van der Waals surface area contributed by atoms with Gasteiger partial charge in [-0.05, 0) is 147 Å². The van der Waals surface area contributed by atoms with Gasteiger partial charge in [0, 0.05) is 0 Å². The zero-order chi connectivity index (χ0) is 26.4. The molecule has 0 aliphatic heterocycles. The smallest absolute Gasteiger partial charge is 0.0235 e. The maximum Gasteiger partial charge on any atom is -0.0235 e. The lowest BCUT2D eigenvalue weighted by atomic mass is 9.52. The molecule has 0 amide bonds. The maximum absolute atomic E-state index is 4.06. The Bertz CT molecular complexity index is 714. The third-order valence-corrected chi connectivity index (χ3v) is 13.7. The van der Waals surface area contributed by atoms with Crippen molar-refractivity contribution in [3.63, 3.8) is 0 Å². The van der Waals surface area contributed by atoms with E-state index < -0.39 is 0 Å². The molecule has 0 heteroatoms. The predicted octanol–water partition coefficient (Wildman–Crippen LogP) is 11.5. The summed E-state index contributed by atoms with van der Waals surface area (Å²) in [6.07, 6.45) is 28.0. The molecule has 0 N–H and O–H groups in total. The van der Waals surface area contributed by atoms with Crippen molar-refractivity contribution >= 4 is 0 Å². The fraction of sp³-hybridized carbons (Fsp3) is 0.946. The molecule has 5 fully saturated rings. The monoisotopic (exact) mass is 509 g/mol. The second kappa shape index (κ2) is 11.0. The molecule has 0 saturated heterocycles. The Morgan fingerprint density at radius 2 is 1.19 bits per heavy atom. The van der Waals surface area contributed by atoms with E-state index in [0.717, 1.165) is 53.3 Å². The molecule has 0 aromatic carbocycles. The summed E-state index contributed by atoms with van der Waals surface area (Å²) in [7, 11) is 0. The lowest BCUT2D eigenvalue weighted by Gasteiger charge is -2.52. The van der Waals surface area contributed by atoms with Gasteiger partial charge in [-0.2, -0.15) is 0 Å². The van der Waals surface area contributed by atoms with Crippen LogP contribution in [0.15, 0.2) is 12.7 Å². The normalized spacial score (nSPS) is 42.6. The zero-order valence-electron chi connectivity index (χ0n) is 26.0. The van der Waals surface area contributed by atoms with Gasteiger partial charge in [0.15, 0.2) is 0 Å². The maximum atomic E-state index is 4.06. The Morgan fingerprint density at radius 1 is 0.649 bits per heavy atom. The van der Waals surface area contributed by atoms with Crippen LogP contribution in [0, 0.1) is 69.5 Å². The number of rotatable bonds is 5. The molecule has 0 spiro atoms. The molecule has 0 radical (unpaired) electrons. The number of fused-ring (bicyclic) bond motifs is 3. The molecule has 0 nitrogen and oxygen atoms in total. The van der Waals surface area contributed by atoms with E-state index in [2.05, 4.69) is 54.2 Å². The Labute approximate surface area is 232 Å². The van der Waals surface area contributed by atoms with E-state index in [4.69, 9.17) is 0 Å². The molecule has 0 aromatic rings. The molecule has 5 rings (SSSR count). The van der Waals surface area contributed by atoms with Crippen LogP contribution < -0.4 is 0 Å². The molecule has 0 heterocycles. The summed E-state index contributed by atoms with van der Waals surface area (Å²) >= 11 is 0. The van der Waals surface area contributed by atoms with Crippen LogP contribution in [0.5, 0.6) is 0 Å². The molecular formula is C37H64. The average molecular weight is 509 g/mol. The van der Waals surface area contributed by atoms with Crippen molar-refractivity contribution in [3.05, 3.63) is 12.7 Å². The first-order valence-electron chi connectivity index (χ1n) is 17.2. The van der Waals surface area contributed by atoms with Crippen molar-refractivity contribution in [3.8, 4) is 0 Å². The molecule has 0 bridgehead atoms. The molecular weight excluding hydrogens is 444 g/mol. The summed E-state index contributed by atoms with van der Waals surface area (Å²) in [5, 5.41) is 0. The Kier molecular flexibility index (Phi) is 8.37. The van der Waals surface area contributed by atoms with Gasteiger partial charge in [0.1, 0.15) is 0 Å². The summed E-state index contributed by atoms with van der Waals surface area (Å²) in [6.45, 7) is 19.4. The van der Waals surface area contributed by atoms with Crippen LogP contribution in [-0.2, 0) is 0 Å². The third-order valence-electron chi connectivity index (χ3n) is 13.7. The molecule has 5 aliphatic rings. The van der Waals surface area contributed by atoms with E-state index in [0.29, 0.717) is 16.2 Å². The lowest BCUT2D eigenvalue weighted by molar-refractivity contribution is -0.0367. The molecule has 37 heavy (non-hydrogen) atoms. The van der Waals surface area contributed by atoms with Gasteiger partial charge in [-0.15, -0.1) is 6.58 Å². The Morgan fingerprint density at radius 3 is 1.68 bits per heavy atom. The molecule has 0 aromatic heterocycles. The Balaban J connectivity index is 1.52. The van der Waals surface area contributed by atoms with Gasteiger partial charge >= 0.3 is 0 Å². The third kappa shape index (κ3) is 5.53. The van der Waals surface area contributed by atoms with Crippen LogP contribution in [0.3, 0.4) is 0 Å². The average Bonchev–Trinajstić information content (AvgIpc) is 3.37. The standard InChI is InChI=1S/C37H64/c1-8-9-14-26-15-16-29(23-26)37(21-12-10-11-13-22-37)34-32-24-27(35(2,3)4)17-19-30(32)31-20-18-28(25-33(31)34)36(5,6)7/h8,26-34H,1,9-25H2,2-7H3. The topological polar surface area (TPSA) is 0 Å². The summed E-state index contributed by atoms with van der Waals surface area (Å²) in [6, 6.07) is 0. The van der Waals surface area contributed by atoms with E-state index in [9.17, 15) is 0 Å². The van der Waals surface area contributed by atoms with Gasteiger partial charge in [0.25, 0.3) is 0 Å². The number of hydrogen-bond donors (Lipinski definition) is 0. The van der Waals surface area contributed by atoms with Gasteiger partial charge < -0.3 is 0 Å². The largest absolute Gasteiger partial charge is 0.103 e. The number of hydrogen-bond acceptors (Lipinski definition) is 0. The van der Waals surface area contributed by atoms with Crippen molar-refractivity contribution in [2.45, 2.75) is 151 Å². The summed E-state index contributed by atoms with van der Waals surface area (Å²) in [5.74, 6) is 9.14. The van der Waals surface area contributed by atoms with E-state index in [1.807, 2.05) is 0 Å². The first kappa shape index (κ1) is 28.3. The van der Waals surface area contributed by atoms with E-state index >= 15 is 0 Å². The van der Waals surface area contributed by atoms with Crippen LogP contribution in [0.2, 0.25) is 0 Å². The molecule has 8 unspecified atom stereocenters. The van der Waals surface area contributed by atoms with Gasteiger partial charge in [-0.3, -0.25) is 0 Å². The Hall–Kier alpha value is -0.260. The van der Waals surface area contributed by atoms with Crippen LogP contribution in [0.4, 0.5) is 0 Å². The van der Waals surface area contributed by atoms with Crippen molar-refractivity contribution < 1.29 is 0 Å². The summed E-state index contributed by atoms with van der Waals surface area (Å²) in [4.78, 5) is 0. The van der Waals surface area contributed by atoms with Crippen LogP contribution in [0.25, 0.3) is 0 Å². The summed E-state index contributed by atoms with van der Waals surface area (Å²) < 4.78 is 0. The van der Waals surface area contributed by atoms with Gasteiger partial charge in [0.05, 0.1) is 0 Å². The first-order chi connectivity index (χ1) is 17.5. The van der Waals surface area contributed by atoms with Crippen molar-refractivity contribution in [1.29, 1.82) is 0 Å². The molecule has 212 valence electrons. The highest BCUT2D eigenvalue weighted by atomic mass is 14.7. The minimum Gasteiger partial charge on any atom is -0.103 e. The minimum atomic E-state index is 0.483. The SMILES string of the molecule is C=CCCC1CCC(C2(C3C4CC(C(C)(C)C)CCC4C4CCC(C(C)(C)C)CC43)CCCCCC2)C1. The summed E-state index contributed by atoms with van der Waals surface area (Å²) in [5.41, 5.74) is 1.63. The van der Waals surface area contributed by atoms with E-state index in [-0.39, 0.29) is 0 Å². The predicted molar refractivity (Wildman–Crippen MR) is 161 cm³/mol. The second-order valence-electron chi connectivity index (χ2n) is 17.3. The van der Waals surface area contributed by atoms with E-state index in [1.54, 1.807) is 51.4 Å². The highest BCUT2D eigenvalue weighted by Gasteiger charge is 2.62. The van der Waals surface area contributed by atoms with Crippen LogP contribution in [0.1, 0.15) is 151 Å². The van der Waals surface area contributed by atoms with Gasteiger partial charge in [-0.1, -0.05) is 79.7 Å². The minimum absolute atomic E-state index is 0.483. The zero-order valence-corrected chi connectivity index (χ0v) is 26.0. The lowest BCUT2D eigenvalue weighted by Crippen LogP contribution is -2.45.